The van der Waals surface area contributed by atoms with Gasteiger partial charge in [-0.15, -0.1) is 0 Å². The molecule has 1 aromatic carbocycles. The maximum atomic E-state index is 11.6. The highest BCUT2D eigenvalue weighted by Gasteiger charge is 2.06. The molecule has 1 aromatic heterocycles. The lowest BCUT2D eigenvalue weighted by Crippen LogP contribution is -2.20. The van der Waals surface area contributed by atoms with E-state index >= 15 is 0 Å². The van der Waals surface area contributed by atoms with Gasteiger partial charge in [0, 0.05) is 23.5 Å². The normalized spacial score (nSPS) is 10.2. The number of nitrogen functional groups attached to an aromatic ring is 1. The van der Waals surface area contributed by atoms with Crippen molar-refractivity contribution >= 4 is 17.4 Å². The van der Waals surface area contributed by atoms with Crippen molar-refractivity contribution in [2.45, 2.75) is 13.3 Å². The molecule has 0 atom stereocenters. The first kappa shape index (κ1) is 12.9. The molecule has 0 aliphatic rings. The monoisotopic (exact) mass is 260 g/mol. The van der Waals surface area contributed by atoms with E-state index < -0.39 is 0 Å². The quantitative estimate of drug-likeness (QED) is 0.711. The molecular formula is C13H16N4O2. The Morgan fingerprint density at radius 2 is 2.32 bits per heavy atom. The molecule has 6 nitrogen and oxygen atoms in total. The molecule has 19 heavy (non-hydrogen) atoms. The Bertz CT molecular complexity index is 565. The number of amides is 1. The Kier molecular flexibility index (Phi) is 4.02. The zero-order valence-corrected chi connectivity index (χ0v) is 10.6. The summed E-state index contributed by atoms with van der Waals surface area (Å²) in [6.45, 7) is 1.92. The average molecular weight is 260 g/mol. The lowest BCUT2D eigenvalue weighted by Gasteiger charge is -2.06. The number of aromatic nitrogens is 2. The number of carbonyl (C=O) groups excluding carboxylic acids is 1. The number of nitrogens with one attached hydrogen (secondary N) is 2. The van der Waals surface area contributed by atoms with Gasteiger partial charge in [0.1, 0.15) is 5.75 Å². The Hall–Kier alpha value is -2.50. The second-order valence-corrected chi connectivity index (χ2v) is 4.04. The summed E-state index contributed by atoms with van der Waals surface area (Å²) in [4.78, 5) is 11.6. The Morgan fingerprint density at radius 1 is 1.47 bits per heavy atom. The van der Waals surface area contributed by atoms with Crippen LogP contribution in [-0.2, 0) is 11.2 Å². The maximum absolute atomic E-state index is 11.6. The van der Waals surface area contributed by atoms with Crippen LogP contribution in [0.5, 0.6) is 5.75 Å². The second kappa shape index (κ2) is 5.90. The van der Waals surface area contributed by atoms with Crippen LogP contribution in [0.25, 0.3) is 0 Å². The predicted octanol–water partition coefficient (Wildman–Crippen LogP) is 1.57. The molecule has 4 N–H and O–H groups in total. The van der Waals surface area contributed by atoms with Gasteiger partial charge >= 0.3 is 0 Å². The molecule has 2 aromatic rings. The molecule has 0 bridgehead atoms. The van der Waals surface area contributed by atoms with Gasteiger partial charge in [0.25, 0.3) is 5.91 Å². The first-order valence-electron chi connectivity index (χ1n) is 6.00. The van der Waals surface area contributed by atoms with E-state index in [1.807, 2.05) is 6.92 Å². The summed E-state index contributed by atoms with van der Waals surface area (Å²) >= 11 is 0. The smallest absolute Gasteiger partial charge is 0.263 e. The van der Waals surface area contributed by atoms with Gasteiger partial charge in [-0.3, -0.25) is 9.89 Å². The summed E-state index contributed by atoms with van der Waals surface area (Å²) in [5, 5.41) is 9.43. The van der Waals surface area contributed by atoms with Crippen molar-refractivity contribution < 1.29 is 9.53 Å². The zero-order chi connectivity index (χ0) is 13.7. The minimum atomic E-state index is -0.267. The lowest BCUT2D eigenvalue weighted by atomic mass is 10.3. The van der Waals surface area contributed by atoms with Crippen molar-refractivity contribution in [3.63, 3.8) is 0 Å². The van der Waals surface area contributed by atoms with Crippen LogP contribution in [0.3, 0.4) is 0 Å². The van der Waals surface area contributed by atoms with Crippen LogP contribution >= 0.6 is 0 Å². The van der Waals surface area contributed by atoms with Crippen molar-refractivity contribution in [1.82, 2.24) is 10.2 Å². The van der Waals surface area contributed by atoms with E-state index in [0.29, 0.717) is 17.3 Å². The molecule has 1 heterocycles. The van der Waals surface area contributed by atoms with Crippen molar-refractivity contribution in [2.24, 2.45) is 0 Å². The van der Waals surface area contributed by atoms with Crippen molar-refractivity contribution in [2.75, 3.05) is 17.7 Å². The number of nitrogens with two attached hydrogens (primary N) is 1. The standard InChI is InChI=1S/C13H16N4O2/c1-2-10-7-12(17-16-10)15-13(18)8-19-11-5-3-4-9(14)6-11/h3-7H,2,8,14H2,1H3,(H2,15,16,17,18). The van der Waals surface area contributed by atoms with Crippen LogP contribution in [0.1, 0.15) is 12.6 Å². The minimum Gasteiger partial charge on any atom is -0.484 e. The van der Waals surface area contributed by atoms with Crippen molar-refractivity contribution in [3.8, 4) is 5.75 Å². The summed E-state index contributed by atoms with van der Waals surface area (Å²) in [6.07, 6.45) is 0.836. The van der Waals surface area contributed by atoms with Gasteiger partial charge in [-0.2, -0.15) is 5.10 Å². The van der Waals surface area contributed by atoms with E-state index in [-0.39, 0.29) is 12.5 Å². The van der Waals surface area contributed by atoms with Gasteiger partial charge in [-0.05, 0) is 18.6 Å². The van der Waals surface area contributed by atoms with Gasteiger partial charge in [0.2, 0.25) is 0 Å². The Morgan fingerprint density at radius 3 is 3.00 bits per heavy atom. The van der Waals surface area contributed by atoms with E-state index in [1.54, 1.807) is 30.3 Å². The number of aryl methyl sites for hydroxylation is 1. The number of anilines is 2. The van der Waals surface area contributed by atoms with E-state index in [1.165, 1.54) is 0 Å². The highest BCUT2D eigenvalue weighted by Crippen LogP contribution is 2.14. The Balaban J connectivity index is 1.84. The minimum absolute atomic E-state index is 0.0855. The predicted molar refractivity (Wildman–Crippen MR) is 72.9 cm³/mol. The lowest BCUT2D eigenvalue weighted by molar-refractivity contribution is -0.118. The van der Waals surface area contributed by atoms with Crippen molar-refractivity contribution in [1.29, 1.82) is 0 Å². The molecule has 0 saturated carbocycles. The topological polar surface area (TPSA) is 93.0 Å². The molecule has 2 rings (SSSR count). The number of hydrogen-bond acceptors (Lipinski definition) is 4. The van der Waals surface area contributed by atoms with E-state index in [0.717, 1.165) is 12.1 Å². The SMILES string of the molecule is CCc1cc(NC(=O)COc2cccc(N)c2)n[nH]1. The number of carbonyl (C=O) groups is 1. The fraction of sp³-hybridized carbons (Fsp3) is 0.231. The van der Waals surface area contributed by atoms with Gasteiger partial charge in [0.15, 0.2) is 12.4 Å². The van der Waals surface area contributed by atoms with Crippen LogP contribution < -0.4 is 15.8 Å². The maximum Gasteiger partial charge on any atom is 0.263 e. The van der Waals surface area contributed by atoms with E-state index in [4.69, 9.17) is 10.5 Å². The van der Waals surface area contributed by atoms with Crippen LogP contribution in [0.4, 0.5) is 11.5 Å². The summed E-state index contributed by atoms with van der Waals surface area (Å²) in [5.41, 5.74) is 7.17. The third kappa shape index (κ3) is 3.74. The third-order valence-electron chi connectivity index (χ3n) is 2.51. The summed E-state index contributed by atoms with van der Waals surface area (Å²) < 4.78 is 5.32. The van der Waals surface area contributed by atoms with Gasteiger partial charge in [-0.25, -0.2) is 0 Å². The first-order valence-corrected chi connectivity index (χ1v) is 6.00. The van der Waals surface area contributed by atoms with Gasteiger partial charge in [0.05, 0.1) is 0 Å². The van der Waals surface area contributed by atoms with Gasteiger partial charge in [-0.1, -0.05) is 13.0 Å². The molecule has 1 amide bonds. The number of nitrogens with zero attached hydrogens (tertiary/aromatic N) is 1. The van der Waals surface area contributed by atoms with Crippen LogP contribution in [0.15, 0.2) is 30.3 Å². The molecule has 0 spiro atoms. The largest absolute Gasteiger partial charge is 0.484 e. The third-order valence-corrected chi connectivity index (χ3v) is 2.51. The molecule has 0 aliphatic heterocycles. The molecule has 0 saturated heterocycles. The van der Waals surface area contributed by atoms with Gasteiger partial charge < -0.3 is 15.8 Å². The summed E-state index contributed by atoms with van der Waals surface area (Å²) in [5.74, 6) is 0.793. The number of ether oxygens (including phenoxy) is 1. The molecular weight excluding hydrogens is 244 g/mol. The average Bonchev–Trinajstić information content (AvgIpc) is 2.84. The highest BCUT2D eigenvalue weighted by atomic mass is 16.5. The fourth-order valence-electron chi connectivity index (χ4n) is 1.54. The summed E-state index contributed by atoms with van der Waals surface area (Å²) in [7, 11) is 0. The molecule has 100 valence electrons. The van der Waals surface area contributed by atoms with Crippen LogP contribution in [0.2, 0.25) is 0 Å². The number of hydrogen-bond donors (Lipinski definition) is 3. The molecule has 6 heteroatoms. The summed E-state index contributed by atoms with van der Waals surface area (Å²) in [6, 6.07) is 8.72. The second-order valence-electron chi connectivity index (χ2n) is 4.04. The number of rotatable bonds is 5. The molecule has 0 fully saturated rings. The Labute approximate surface area is 111 Å². The van der Waals surface area contributed by atoms with E-state index in [9.17, 15) is 4.79 Å². The van der Waals surface area contributed by atoms with Crippen LogP contribution in [0, 0.1) is 0 Å². The number of H-pyrrole nitrogens is 1. The van der Waals surface area contributed by atoms with E-state index in [2.05, 4.69) is 15.5 Å². The molecule has 0 radical (unpaired) electrons. The number of benzene rings is 1. The number of aromatic amines is 1. The highest BCUT2D eigenvalue weighted by molar-refractivity contribution is 5.90. The zero-order valence-electron chi connectivity index (χ0n) is 10.6. The van der Waals surface area contributed by atoms with Crippen molar-refractivity contribution in [3.05, 3.63) is 36.0 Å². The molecule has 0 aliphatic carbocycles. The van der Waals surface area contributed by atoms with Crippen LogP contribution in [-0.4, -0.2) is 22.7 Å². The first-order chi connectivity index (χ1) is 9.17. The fourth-order valence-corrected chi connectivity index (χ4v) is 1.54. The molecule has 0 unspecified atom stereocenters.